The fourth-order valence-corrected chi connectivity index (χ4v) is 0.788. The number of hydrogen-bond acceptors (Lipinski definition) is 3. The molecule has 1 aromatic rings. The molecule has 1 aromatic carbocycles. The third-order valence-electron chi connectivity index (χ3n) is 1.51. The smallest absolute Gasteiger partial charge is 0.119 e. The minimum atomic E-state index is -0.0785. The molecule has 1 rings (SSSR count). The Morgan fingerprint density at radius 3 is 2.50 bits per heavy atom. The van der Waals surface area contributed by atoms with Crippen LogP contribution in [0.3, 0.4) is 0 Å². The first kappa shape index (κ1) is 9.03. The third-order valence-corrected chi connectivity index (χ3v) is 1.51. The second-order valence-electron chi connectivity index (χ2n) is 2.62. The van der Waals surface area contributed by atoms with E-state index in [1.165, 1.54) is 0 Å². The van der Waals surface area contributed by atoms with Crippen LogP contribution in [-0.4, -0.2) is 19.2 Å². The fourth-order valence-electron chi connectivity index (χ4n) is 0.788. The molecular formula is C9H14N2O. The second-order valence-corrected chi connectivity index (χ2v) is 2.62. The Balaban J connectivity index is 2.33. The average molecular weight is 166 g/mol. The summed E-state index contributed by atoms with van der Waals surface area (Å²) in [5.74, 6) is 0.835. The van der Waals surface area contributed by atoms with Crippen molar-refractivity contribution in [2.75, 3.05) is 13.2 Å². The first-order chi connectivity index (χ1) is 5.83. The van der Waals surface area contributed by atoms with Crippen LogP contribution in [0.2, 0.25) is 0 Å². The maximum absolute atomic E-state index is 5.57. The van der Waals surface area contributed by atoms with Gasteiger partial charge in [0.1, 0.15) is 12.4 Å². The molecule has 1 unspecified atom stereocenters. The van der Waals surface area contributed by atoms with Crippen LogP contribution in [0.15, 0.2) is 30.3 Å². The maximum atomic E-state index is 5.57. The molecule has 0 aliphatic carbocycles. The van der Waals surface area contributed by atoms with Crippen LogP contribution in [0, 0.1) is 0 Å². The van der Waals surface area contributed by atoms with Gasteiger partial charge in [0.2, 0.25) is 0 Å². The van der Waals surface area contributed by atoms with Crippen LogP contribution in [0.25, 0.3) is 0 Å². The first-order valence-corrected chi connectivity index (χ1v) is 3.96. The van der Waals surface area contributed by atoms with Crippen LogP contribution in [-0.2, 0) is 0 Å². The summed E-state index contributed by atoms with van der Waals surface area (Å²) < 4.78 is 5.35. The van der Waals surface area contributed by atoms with Gasteiger partial charge in [-0.15, -0.1) is 0 Å². The molecule has 0 aliphatic rings. The van der Waals surface area contributed by atoms with Crippen molar-refractivity contribution in [1.82, 2.24) is 0 Å². The standard InChI is InChI=1S/C9H14N2O/c10-6-8(11)7-12-9-4-2-1-3-5-9/h1-5,8H,6-7,10-11H2. The number of benzene rings is 1. The maximum Gasteiger partial charge on any atom is 0.119 e. The Kier molecular flexibility index (Phi) is 3.57. The van der Waals surface area contributed by atoms with Gasteiger partial charge in [-0.1, -0.05) is 18.2 Å². The summed E-state index contributed by atoms with van der Waals surface area (Å²) >= 11 is 0. The Morgan fingerprint density at radius 2 is 1.92 bits per heavy atom. The van der Waals surface area contributed by atoms with Crippen LogP contribution >= 0.6 is 0 Å². The lowest BCUT2D eigenvalue weighted by molar-refractivity contribution is 0.291. The largest absolute Gasteiger partial charge is 0.492 e. The van der Waals surface area contributed by atoms with Gasteiger partial charge in [-0.25, -0.2) is 0 Å². The van der Waals surface area contributed by atoms with Crippen molar-refractivity contribution in [3.63, 3.8) is 0 Å². The van der Waals surface area contributed by atoms with E-state index in [2.05, 4.69) is 0 Å². The van der Waals surface area contributed by atoms with Gasteiger partial charge in [0.15, 0.2) is 0 Å². The molecule has 0 bridgehead atoms. The van der Waals surface area contributed by atoms with Crippen molar-refractivity contribution in [2.45, 2.75) is 6.04 Å². The summed E-state index contributed by atoms with van der Waals surface area (Å²) in [6, 6.07) is 9.49. The van der Waals surface area contributed by atoms with Gasteiger partial charge >= 0.3 is 0 Å². The molecule has 4 N–H and O–H groups in total. The number of nitrogens with two attached hydrogens (primary N) is 2. The molecule has 0 fully saturated rings. The summed E-state index contributed by atoms with van der Waals surface area (Å²) in [6.07, 6.45) is 0. The SMILES string of the molecule is NCC(N)COc1ccccc1. The minimum absolute atomic E-state index is 0.0785. The van der Waals surface area contributed by atoms with Crippen LogP contribution in [0.4, 0.5) is 0 Å². The van der Waals surface area contributed by atoms with E-state index in [4.69, 9.17) is 16.2 Å². The molecule has 0 aromatic heterocycles. The van der Waals surface area contributed by atoms with Gasteiger partial charge in [-0.05, 0) is 12.1 Å². The zero-order valence-electron chi connectivity index (χ0n) is 6.94. The van der Waals surface area contributed by atoms with Gasteiger partial charge in [0, 0.05) is 6.54 Å². The normalized spacial score (nSPS) is 12.5. The molecule has 3 heteroatoms. The van der Waals surface area contributed by atoms with Gasteiger partial charge in [-0.3, -0.25) is 0 Å². The quantitative estimate of drug-likeness (QED) is 0.678. The molecular weight excluding hydrogens is 152 g/mol. The summed E-state index contributed by atoms with van der Waals surface area (Å²) in [4.78, 5) is 0. The van der Waals surface area contributed by atoms with Crippen molar-refractivity contribution < 1.29 is 4.74 Å². The Bertz CT molecular complexity index is 213. The first-order valence-electron chi connectivity index (χ1n) is 3.96. The highest BCUT2D eigenvalue weighted by atomic mass is 16.5. The molecule has 0 heterocycles. The fraction of sp³-hybridized carbons (Fsp3) is 0.333. The lowest BCUT2D eigenvalue weighted by Crippen LogP contribution is -2.35. The lowest BCUT2D eigenvalue weighted by atomic mass is 10.3. The Hall–Kier alpha value is -1.06. The zero-order chi connectivity index (χ0) is 8.81. The lowest BCUT2D eigenvalue weighted by Gasteiger charge is -2.10. The molecule has 1 atom stereocenters. The highest BCUT2D eigenvalue weighted by Crippen LogP contribution is 2.07. The predicted molar refractivity (Wildman–Crippen MR) is 49.0 cm³/mol. The van der Waals surface area contributed by atoms with Crippen LogP contribution < -0.4 is 16.2 Å². The van der Waals surface area contributed by atoms with Crippen molar-refractivity contribution in [1.29, 1.82) is 0 Å². The van der Waals surface area contributed by atoms with Crippen LogP contribution in [0.1, 0.15) is 0 Å². The molecule has 3 nitrogen and oxygen atoms in total. The highest BCUT2D eigenvalue weighted by Gasteiger charge is 1.99. The number of rotatable bonds is 4. The Morgan fingerprint density at radius 1 is 1.25 bits per heavy atom. The number of para-hydroxylation sites is 1. The molecule has 66 valence electrons. The molecule has 0 amide bonds. The van der Waals surface area contributed by atoms with Crippen molar-refractivity contribution in [3.8, 4) is 5.75 Å². The van der Waals surface area contributed by atoms with E-state index < -0.39 is 0 Å². The van der Waals surface area contributed by atoms with E-state index in [-0.39, 0.29) is 6.04 Å². The van der Waals surface area contributed by atoms with Crippen molar-refractivity contribution in [3.05, 3.63) is 30.3 Å². The summed E-state index contributed by atoms with van der Waals surface area (Å²) in [5, 5.41) is 0. The van der Waals surface area contributed by atoms with Gasteiger partial charge in [0.05, 0.1) is 6.04 Å². The number of hydrogen-bond donors (Lipinski definition) is 2. The summed E-state index contributed by atoms with van der Waals surface area (Å²) in [5.41, 5.74) is 10.9. The van der Waals surface area contributed by atoms with Gasteiger partial charge < -0.3 is 16.2 Å². The molecule has 0 aliphatic heterocycles. The third kappa shape index (κ3) is 2.90. The second kappa shape index (κ2) is 4.74. The van der Waals surface area contributed by atoms with E-state index in [1.54, 1.807) is 0 Å². The molecule has 0 saturated heterocycles. The van der Waals surface area contributed by atoms with E-state index in [9.17, 15) is 0 Å². The molecule has 12 heavy (non-hydrogen) atoms. The molecule has 0 spiro atoms. The predicted octanol–water partition coefficient (Wildman–Crippen LogP) is 0.351. The average Bonchev–Trinajstić information content (AvgIpc) is 2.16. The van der Waals surface area contributed by atoms with E-state index in [0.717, 1.165) is 5.75 Å². The molecule has 0 radical (unpaired) electrons. The molecule has 0 saturated carbocycles. The van der Waals surface area contributed by atoms with Crippen LogP contribution in [0.5, 0.6) is 5.75 Å². The minimum Gasteiger partial charge on any atom is -0.492 e. The van der Waals surface area contributed by atoms with Crippen molar-refractivity contribution >= 4 is 0 Å². The summed E-state index contributed by atoms with van der Waals surface area (Å²) in [7, 11) is 0. The zero-order valence-corrected chi connectivity index (χ0v) is 6.94. The van der Waals surface area contributed by atoms with Gasteiger partial charge in [-0.2, -0.15) is 0 Å². The van der Waals surface area contributed by atoms with E-state index >= 15 is 0 Å². The Labute approximate surface area is 72.3 Å². The highest BCUT2D eigenvalue weighted by molar-refractivity contribution is 5.20. The van der Waals surface area contributed by atoms with E-state index in [1.807, 2.05) is 30.3 Å². The van der Waals surface area contributed by atoms with Crippen molar-refractivity contribution in [2.24, 2.45) is 11.5 Å². The number of ether oxygens (including phenoxy) is 1. The summed E-state index contributed by atoms with van der Waals surface area (Å²) in [6.45, 7) is 0.924. The van der Waals surface area contributed by atoms with E-state index in [0.29, 0.717) is 13.2 Å². The van der Waals surface area contributed by atoms with Gasteiger partial charge in [0.25, 0.3) is 0 Å². The monoisotopic (exact) mass is 166 g/mol. The topological polar surface area (TPSA) is 61.3 Å².